The topological polar surface area (TPSA) is 99.0 Å². The van der Waals surface area contributed by atoms with E-state index in [0.29, 0.717) is 23.8 Å². The summed E-state index contributed by atoms with van der Waals surface area (Å²) in [4.78, 5) is 18.6. The van der Waals surface area contributed by atoms with Gasteiger partial charge in [0, 0.05) is 0 Å². The maximum Gasteiger partial charge on any atom is 0.335 e. The second kappa shape index (κ2) is 8.86. The molecule has 7 heteroatoms. The van der Waals surface area contributed by atoms with Crippen LogP contribution in [0.1, 0.15) is 27.3 Å². The third-order valence-electron chi connectivity index (χ3n) is 4.63. The van der Waals surface area contributed by atoms with Crippen LogP contribution in [-0.4, -0.2) is 21.0 Å². The molecule has 4 aromatic rings. The Balaban J connectivity index is 1.50. The largest absolute Gasteiger partial charge is 0.488 e. The number of ether oxygens (including phenoxy) is 1. The average molecular weight is 474 g/mol. The highest BCUT2D eigenvalue weighted by molar-refractivity contribution is 9.10. The summed E-state index contributed by atoms with van der Waals surface area (Å²) >= 11 is 3.51. The predicted octanol–water partition coefficient (Wildman–Crippen LogP) is 5.67. The molecule has 1 heterocycles. The number of allylic oxidation sites excluding steroid dienone is 1. The zero-order valence-corrected chi connectivity index (χ0v) is 17.8. The summed E-state index contributed by atoms with van der Waals surface area (Å²) in [6.07, 6.45) is 1.76. The fourth-order valence-electron chi connectivity index (χ4n) is 3.03. The van der Waals surface area contributed by atoms with Crippen LogP contribution in [0.15, 0.2) is 71.2 Å². The van der Waals surface area contributed by atoms with E-state index in [1.54, 1.807) is 30.3 Å². The third-order valence-corrected chi connectivity index (χ3v) is 5.25. The van der Waals surface area contributed by atoms with Crippen LogP contribution in [0.3, 0.4) is 0 Å². The number of carboxylic acid groups (broad SMARTS) is 1. The summed E-state index contributed by atoms with van der Waals surface area (Å²) in [5, 5.41) is 18.6. The Morgan fingerprint density at radius 1 is 1.16 bits per heavy atom. The van der Waals surface area contributed by atoms with Crippen molar-refractivity contribution in [1.82, 2.24) is 9.97 Å². The van der Waals surface area contributed by atoms with Crippen molar-refractivity contribution in [3.05, 3.63) is 93.7 Å². The number of imidazole rings is 1. The lowest BCUT2D eigenvalue weighted by atomic mass is 10.1. The van der Waals surface area contributed by atoms with Crippen molar-refractivity contribution in [3.63, 3.8) is 0 Å². The maximum absolute atomic E-state index is 10.9. The van der Waals surface area contributed by atoms with Crippen molar-refractivity contribution in [2.75, 3.05) is 0 Å². The number of nitrogens with zero attached hydrogens (tertiary/aromatic N) is 2. The Labute approximate surface area is 186 Å². The van der Waals surface area contributed by atoms with E-state index in [2.05, 4.69) is 32.0 Å². The first-order valence-electron chi connectivity index (χ1n) is 9.35. The zero-order valence-electron chi connectivity index (χ0n) is 16.2. The van der Waals surface area contributed by atoms with Gasteiger partial charge in [-0.15, -0.1) is 0 Å². The number of nitriles is 1. The number of hydrogen-bond donors (Lipinski definition) is 2. The monoisotopic (exact) mass is 473 g/mol. The van der Waals surface area contributed by atoms with Crippen LogP contribution in [0.2, 0.25) is 0 Å². The minimum absolute atomic E-state index is 0.235. The number of hydrogen-bond acceptors (Lipinski definition) is 4. The number of aromatic nitrogens is 2. The Kier molecular flexibility index (Phi) is 5.83. The standard InChI is InChI=1S/C24H16BrN3O3/c25-19-12-16(11-18(13-26)23-27-20-3-1-2-4-21(20)28-23)7-10-22(19)31-14-15-5-8-17(9-6-15)24(29)30/h1-12H,14H2,(H,27,28)(H,29,30)/b18-11+. The molecule has 1 aromatic heterocycles. The average Bonchev–Trinajstić information content (AvgIpc) is 3.21. The number of rotatable bonds is 6. The molecule has 0 fully saturated rings. The molecular formula is C24H16BrN3O3. The lowest BCUT2D eigenvalue weighted by molar-refractivity contribution is 0.0697. The lowest BCUT2D eigenvalue weighted by Crippen LogP contribution is -1.99. The highest BCUT2D eigenvalue weighted by Crippen LogP contribution is 2.29. The molecule has 2 N–H and O–H groups in total. The Hall–Kier alpha value is -3.89. The number of fused-ring (bicyclic) bond motifs is 1. The molecule has 3 aromatic carbocycles. The fraction of sp³-hybridized carbons (Fsp3) is 0.0417. The van der Waals surface area contributed by atoms with Gasteiger partial charge in [0.05, 0.1) is 26.6 Å². The van der Waals surface area contributed by atoms with Gasteiger partial charge >= 0.3 is 5.97 Å². The quantitative estimate of drug-likeness (QED) is 0.351. The van der Waals surface area contributed by atoms with Gasteiger partial charge in [-0.3, -0.25) is 0 Å². The van der Waals surface area contributed by atoms with Gasteiger partial charge in [0.2, 0.25) is 0 Å². The third kappa shape index (κ3) is 4.65. The minimum Gasteiger partial charge on any atom is -0.488 e. The van der Waals surface area contributed by atoms with E-state index in [1.807, 2.05) is 42.5 Å². The van der Waals surface area contributed by atoms with E-state index in [-0.39, 0.29) is 5.56 Å². The van der Waals surface area contributed by atoms with E-state index in [9.17, 15) is 10.1 Å². The zero-order chi connectivity index (χ0) is 21.8. The second-order valence-corrected chi connectivity index (χ2v) is 7.61. The van der Waals surface area contributed by atoms with Crippen LogP contribution in [0, 0.1) is 11.3 Å². The van der Waals surface area contributed by atoms with E-state index < -0.39 is 5.97 Å². The van der Waals surface area contributed by atoms with Crippen molar-refractivity contribution in [1.29, 1.82) is 5.26 Å². The van der Waals surface area contributed by atoms with Crippen LogP contribution in [0.5, 0.6) is 5.75 Å². The molecule has 0 aliphatic rings. The Morgan fingerprint density at radius 3 is 2.61 bits per heavy atom. The number of aromatic carboxylic acids is 1. The van der Waals surface area contributed by atoms with Gasteiger partial charge in [-0.1, -0.05) is 30.3 Å². The first-order chi connectivity index (χ1) is 15.0. The number of halogens is 1. The normalized spacial score (nSPS) is 11.3. The van der Waals surface area contributed by atoms with E-state index in [1.165, 1.54) is 0 Å². The number of carboxylic acids is 1. The van der Waals surface area contributed by atoms with Gasteiger partial charge < -0.3 is 14.8 Å². The molecule has 0 bridgehead atoms. The highest BCUT2D eigenvalue weighted by atomic mass is 79.9. The molecule has 4 rings (SSSR count). The van der Waals surface area contributed by atoms with Crippen molar-refractivity contribution >= 4 is 44.6 Å². The molecule has 0 radical (unpaired) electrons. The fourth-order valence-corrected chi connectivity index (χ4v) is 3.54. The maximum atomic E-state index is 10.9. The Bertz CT molecular complexity index is 1300. The molecule has 6 nitrogen and oxygen atoms in total. The number of carbonyl (C=O) groups is 1. The molecule has 0 atom stereocenters. The molecule has 0 saturated carbocycles. The molecule has 152 valence electrons. The number of nitrogens with one attached hydrogen (secondary N) is 1. The van der Waals surface area contributed by atoms with Crippen molar-refractivity contribution < 1.29 is 14.6 Å². The summed E-state index contributed by atoms with van der Waals surface area (Å²) < 4.78 is 6.58. The first kappa shape index (κ1) is 20.4. The minimum atomic E-state index is -0.960. The molecule has 0 spiro atoms. The van der Waals surface area contributed by atoms with Crippen molar-refractivity contribution in [3.8, 4) is 11.8 Å². The molecule has 0 aliphatic heterocycles. The number of H-pyrrole nitrogens is 1. The molecular weight excluding hydrogens is 458 g/mol. The first-order valence-corrected chi connectivity index (χ1v) is 10.1. The number of aromatic amines is 1. The van der Waals surface area contributed by atoms with Gasteiger partial charge in [0.15, 0.2) is 0 Å². The van der Waals surface area contributed by atoms with Crippen molar-refractivity contribution in [2.24, 2.45) is 0 Å². The van der Waals surface area contributed by atoms with E-state index in [0.717, 1.165) is 26.6 Å². The summed E-state index contributed by atoms with van der Waals surface area (Å²) in [6.45, 7) is 0.302. The van der Waals surface area contributed by atoms with Gasteiger partial charge in [-0.25, -0.2) is 9.78 Å². The summed E-state index contributed by atoms with van der Waals surface area (Å²) in [7, 11) is 0. The van der Waals surface area contributed by atoms with Gasteiger partial charge in [0.1, 0.15) is 24.3 Å². The second-order valence-electron chi connectivity index (χ2n) is 6.75. The van der Waals surface area contributed by atoms with Crippen LogP contribution in [-0.2, 0) is 6.61 Å². The Morgan fingerprint density at radius 2 is 1.94 bits per heavy atom. The number of para-hydroxylation sites is 2. The molecule has 0 saturated heterocycles. The van der Waals surface area contributed by atoms with E-state index >= 15 is 0 Å². The van der Waals surface area contributed by atoms with Gasteiger partial charge in [-0.05, 0) is 69.5 Å². The SMILES string of the molecule is N#C/C(=C\c1ccc(OCc2ccc(C(=O)O)cc2)c(Br)c1)c1nc2ccccc2[nH]1. The number of benzene rings is 3. The van der Waals surface area contributed by atoms with Crippen LogP contribution < -0.4 is 4.74 Å². The van der Waals surface area contributed by atoms with Crippen LogP contribution >= 0.6 is 15.9 Å². The molecule has 0 aliphatic carbocycles. The van der Waals surface area contributed by atoms with E-state index in [4.69, 9.17) is 9.84 Å². The lowest BCUT2D eigenvalue weighted by Gasteiger charge is -2.09. The smallest absolute Gasteiger partial charge is 0.335 e. The molecule has 31 heavy (non-hydrogen) atoms. The predicted molar refractivity (Wildman–Crippen MR) is 121 cm³/mol. The summed E-state index contributed by atoms with van der Waals surface area (Å²) in [6, 6.07) is 21.9. The van der Waals surface area contributed by atoms with Gasteiger partial charge in [0.25, 0.3) is 0 Å². The van der Waals surface area contributed by atoms with Crippen LogP contribution in [0.4, 0.5) is 0 Å². The molecule has 0 amide bonds. The van der Waals surface area contributed by atoms with Crippen LogP contribution in [0.25, 0.3) is 22.7 Å². The van der Waals surface area contributed by atoms with Gasteiger partial charge in [-0.2, -0.15) is 5.26 Å². The summed E-state index contributed by atoms with van der Waals surface area (Å²) in [5.41, 5.74) is 4.02. The molecule has 0 unspecified atom stereocenters. The highest BCUT2D eigenvalue weighted by Gasteiger charge is 2.09. The van der Waals surface area contributed by atoms with Crippen molar-refractivity contribution in [2.45, 2.75) is 6.61 Å². The summed E-state index contributed by atoms with van der Waals surface area (Å²) in [5.74, 6) is 0.199.